The summed E-state index contributed by atoms with van der Waals surface area (Å²) in [5.41, 5.74) is 0.496. The highest BCUT2D eigenvalue weighted by molar-refractivity contribution is 14.1. The second-order valence-corrected chi connectivity index (χ2v) is 12.7. The fraction of sp³-hybridized carbons (Fsp3) is 0.562. The molecule has 1 rings (SSSR count). The Bertz CT molecular complexity index is 524. The molecule has 1 aromatic carbocycles. The van der Waals surface area contributed by atoms with E-state index in [0.29, 0.717) is 30.3 Å². The van der Waals surface area contributed by atoms with Crippen LogP contribution in [-0.4, -0.2) is 34.9 Å². The van der Waals surface area contributed by atoms with Crippen LogP contribution in [0.5, 0.6) is 11.5 Å². The smallest absolute Gasteiger partial charge is 0.192 e. The molecular formula is C16H25IO4Si. The summed E-state index contributed by atoms with van der Waals surface area (Å²) in [6.07, 6.45) is 0.786. The summed E-state index contributed by atoms with van der Waals surface area (Å²) in [7, 11) is -0.209. The maximum absolute atomic E-state index is 11.2. The van der Waals surface area contributed by atoms with E-state index in [0.717, 1.165) is 9.86 Å². The third-order valence-corrected chi connectivity index (χ3v) is 9.16. The van der Waals surface area contributed by atoms with Crippen LogP contribution in [0.15, 0.2) is 12.1 Å². The number of rotatable bonds is 7. The predicted octanol–water partition coefficient (Wildman–Crippen LogP) is 4.51. The van der Waals surface area contributed by atoms with Crippen molar-refractivity contribution in [2.24, 2.45) is 0 Å². The van der Waals surface area contributed by atoms with Gasteiger partial charge in [-0.2, -0.15) is 0 Å². The number of methoxy groups -OCH3 is 1. The van der Waals surface area contributed by atoms with E-state index in [1.165, 1.54) is 0 Å². The summed E-state index contributed by atoms with van der Waals surface area (Å²) in [6.45, 7) is 11.9. The van der Waals surface area contributed by atoms with E-state index in [9.17, 15) is 4.79 Å². The second-order valence-electron chi connectivity index (χ2n) is 6.60. The van der Waals surface area contributed by atoms with Crippen LogP contribution in [0.25, 0.3) is 0 Å². The molecule has 0 N–H and O–H groups in total. The molecule has 0 heterocycles. The van der Waals surface area contributed by atoms with Crippen molar-refractivity contribution >= 4 is 37.2 Å². The number of ether oxygens (including phenoxy) is 2. The van der Waals surface area contributed by atoms with Crippen molar-refractivity contribution in [1.82, 2.24) is 0 Å². The van der Waals surface area contributed by atoms with Crippen LogP contribution in [0.2, 0.25) is 18.1 Å². The molecule has 6 heteroatoms. The van der Waals surface area contributed by atoms with Crippen molar-refractivity contribution in [3.8, 4) is 11.5 Å². The number of carbonyl (C=O) groups excluding carboxylic acids is 1. The Morgan fingerprint density at radius 2 is 1.86 bits per heavy atom. The van der Waals surface area contributed by atoms with Gasteiger partial charge in [-0.3, -0.25) is 4.79 Å². The first-order valence-electron chi connectivity index (χ1n) is 7.22. The number of hydrogen-bond donors (Lipinski definition) is 0. The summed E-state index contributed by atoms with van der Waals surface area (Å²) < 4.78 is 18.1. The largest absolute Gasteiger partial charge is 0.493 e. The molecule has 0 saturated carbocycles. The Balaban J connectivity index is 2.72. The van der Waals surface area contributed by atoms with E-state index < -0.39 is 8.32 Å². The van der Waals surface area contributed by atoms with Crippen molar-refractivity contribution in [2.45, 2.75) is 38.9 Å². The van der Waals surface area contributed by atoms with Gasteiger partial charge in [0.25, 0.3) is 0 Å². The van der Waals surface area contributed by atoms with Gasteiger partial charge in [0.15, 0.2) is 26.1 Å². The third kappa shape index (κ3) is 4.96. The molecule has 0 amide bonds. The van der Waals surface area contributed by atoms with Gasteiger partial charge in [-0.1, -0.05) is 20.8 Å². The molecule has 0 bridgehead atoms. The van der Waals surface area contributed by atoms with Gasteiger partial charge < -0.3 is 13.9 Å². The van der Waals surface area contributed by atoms with Gasteiger partial charge in [0, 0.05) is 3.57 Å². The van der Waals surface area contributed by atoms with Crippen LogP contribution in [0.1, 0.15) is 31.1 Å². The lowest BCUT2D eigenvalue weighted by atomic mass is 10.2. The van der Waals surface area contributed by atoms with E-state index in [1.54, 1.807) is 13.2 Å². The van der Waals surface area contributed by atoms with Gasteiger partial charge in [0.1, 0.15) is 6.61 Å². The first-order chi connectivity index (χ1) is 10.1. The molecule has 1 aromatic rings. The third-order valence-electron chi connectivity index (χ3n) is 3.99. The fourth-order valence-corrected chi connectivity index (χ4v) is 3.28. The number of benzene rings is 1. The maximum atomic E-state index is 11.2. The second kappa shape index (κ2) is 7.78. The summed E-state index contributed by atoms with van der Waals surface area (Å²) in [4.78, 5) is 11.2. The summed E-state index contributed by atoms with van der Waals surface area (Å²) >= 11 is 2.15. The molecule has 0 aliphatic rings. The van der Waals surface area contributed by atoms with Crippen LogP contribution in [0, 0.1) is 3.57 Å². The summed E-state index contributed by atoms with van der Waals surface area (Å²) in [5, 5.41) is 0.168. The highest BCUT2D eigenvalue weighted by atomic mass is 127. The average Bonchev–Trinajstić information content (AvgIpc) is 2.42. The Morgan fingerprint density at radius 3 is 2.36 bits per heavy atom. The van der Waals surface area contributed by atoms with E-state index in [-0.39, 0.29) is 5.04 Å². The minimum absolute atomic E-state index is 0.168. The number of halogens is 1. The van der Waals surface area contributed by atoms with Crippen LogP contribution in [0.4, 0.5) is 0 Å². The van der Waals surface area contributed by atoms with Crippen molar-refractivity contribution in [1.29, 1.82) is 0 Å². The highest BCUT2D eigenvalue weighted by Crippen LogP contribution is 2.36. The first kappa shape index (κ1) is 19.4. The molecule has 0 aliphatic heterocycles. The molecule has 0 fully saturated rings. The Labute approximate surface area is 147 Å². The lowest BCUT2D eigenvalue weighted by Crippen LogP contribution is -2.41. The number of aldehydes is 1. The molecule has 0 spiro atoms. The van der Waals surface area contributed by atoms with Crippen molar-refractivity contribution in [3.05, 3.63) is 21.3 Å². The minimum Gasteiger partial charge on any atom is -0.493 e. The summed E-state index contributed by atoms with van der Waals surface area (Å²) in [5.74, 6) is 1.05. The standard InChI is InChI=1S/C16H25IO4Si/c1-16(2,3)22(5,6)21-8-7-20-15-12(11-18)9-13(17)10-14(15)19-4/h9-11H,7-8H2,1-6H3. The van der Waals surface area contributed by atoms with E-state index >= 15 is 0 Å². The Morgan fingerprint density at radius 1 is 1.23 bits per heavy atom. The number of hydrogen-bond acceptors (Lipinski definition) is 4. The topological polar surface area (TPSA) is 44.8 Å². The van der Waals surface area contributed by atoms with Gasteiger partial charge in [0.05, 0.1) is 19.3 Å². The molecule has 0 aliphatic carbocycles. The molecule has 0 atom stereocenters. The zero-order valence-electron chi connectivity index (χ0n) is 14.2. The van der Waals surface area contributed by atoms with E-state index in [2.05, 4.69) is 56.5 Å². The zero-order valence-corrected chi connectivity index (χ0v) is 17.3. The molecular weight excluding hydrogens is 411 g/mol. The van der Waals surface area contributed by atoms with Gasteiger partial charge >= 0.3 is 0 Å². The zero-order chi connectivity index (χ0) is 17.0. The minimum atomic E-state index is -1.78. The van der Waals surface area contributed by atoms with Crippen molar-refractivity contribution < 1.29 is 18.7 Å². The van der Waals surface area contributed by atoms with E-state index in [4.69, 9.17) is 13.9 Å². The summed E-state index contributed by atoms with van der Waals surface area (Å²) in [6, 6.07) is 3.62. The SMILES string of the molecule is COc1cc(I)cc(C=O)c1OCCO[Si](C)(C)C(C)(C)C. The quantitative estimate of drug-likeness (QED) is 0.273. The lowest BCUT2D eigenvalue weighted by Gasteiger charge is -2.36. The molecule has 0 unspecified atom stereocenters. The average molecular weight is 436 g/mol. The normalized spacial score (nSPS) is 12.1. The van der Waals surface area contributed by atoms with Gasteiger partial charge in [-0.25, -0.2) is 0 Å². The highest BCUT2D eigenvalue weighted by Gasteiger charge is 2.36. The maximum Gasteiger partial charge on any atom is 0.192 e. The fourth-order valence-electron chi connectivity index (χ4n) is 1.64. The lowest BCUT2D eigenvalue weighted by molar-refractivity contribution is 0.111. The predicted molar refractivity (Wildman–Crippen MR) is 99.7 cm³/mol. The van der Waals surface area contributed by atoms with Crippen LogP contribution >= 0.6 is 22.6 Å². The Hall–Kier alpha value is -0.603. The van der Waals surface area contributed by atoms with Gasteiger partial charge in [-0.15, -0.1) is 0 Å². The van der Waals surface area contributed by atoms with Crippen molar-refractivity contribution in [3.63, 3.8) is 0 Å². The van der Waals surface area contributed by atoms with Crippen LogP contribution in [-0.2, 0) is 4.43 Å². The van der Waals surface area contributed by atoms with Gasteiger partial charge in [0.2, 0.25) is 0 Å². The molecule has 0 radical (unpaired) electrons. The molecule has 124 valence electrons. The van der Waals surface area contributed by atoms with Gasteiger partial charge in [-0.05, 0) is 52.9 Å². The molecule has 0 saturated heterocycles. The Kier molecular flexibility index (Phi) is 6.88. The van der Waals surface area contributed by atoms with Crippen molar-refractivity contribution in [2.75, 3.05) is 20.3 Å². The van der Waals surface area contributed by atoms with Crippen LogP contribution in [0.3, 0.4) is 0 Å². The monoisotopic (exact) mass is 436 g/mol. The van der Waals surface area contributed by atoms with E-state index in [1.807, 2.05) is 6.07 Å². The molecule has 22 heavy (non-hydrogen) atoms. The number of carbonyl (C=O) groups is 1. The molecule has 0 aromatic heterocycles. The first-order valence-corrected chi connectivity index (χ1v) is 11.2. The van der Waals surface area contributed by atoms with Crippen LogP contribution < -0.4 is 9.47 Å². The molecule has 4 nitrogen and oxygen atoms in total.